The van der Waals surface area contributed by atoms with Crippen molar-refractivity contribution in [3.63, 3.8) is 0 Å². The van der Waals surface area contributed by atoms with Gasteiger partial charge in [-0.3, -0.25) is 0 Å². The molecule has 0 N–H and O–H groups in total. The maximum absolute atomic E-state index is 3.16. The molecule has 0 amide bonds. The minimum atomic E-state index is 0.485. The molecule has 1 nitrogen and oxygen atoms in total. The normalized spacial score (nSPS) is 9.43. The second kappa shape index (κ2) is 5.34. The van der Waals surface area contributed by atoms with Gasteiger partial charge in [0.2, 0.25) is 0 Å². The van der Waals surface area contributed by atoms with Crippen LogP contribution >= 0.6 is 0 Å². The Labute approximate surface area is 86.7 Å². The minimum absolute atomic E-state index is 0.485. The quantitative estimate of drug-likeness (QED) is 0.508. The van der Waals surface area contributed by atoms with E-state index in [0.29, 0.717) is 6.04 Å². The Bertz CT molecular complexity index is 316. The lowest BCUT2D eigenvalue weighted by molar-refractivity contribution is 0.397. The Hall–Kier alpha value is -1.42. The van der Waals surface area contributed by atoms with Crippen molar-refractivity contribution in [3.8, 4) is 12.0 Å². The Balaban J connectivity index is 2.48. The highest BCUT2D eigenvalue weighted by Crippen LogP contribution is 1.98. The van der Waals surface area contributed by atoms with E-state index in [4.69, 9.17) is 0 Å². The SMILES string of the molecule is CC(C)N(C)C#CCc1ccccc1. The largest absolute Gasteiger partial charge is 0.333 e. The fourth-order valence-electron chi connectivity index (χ4n) is 0.991. The summed E-state index contributed by atoms with van der Waals surface area (Å²) in [4.78, 5) is 2.03. The van der Waals surface area contributed by atoms with Gasteiger partial charge in [-0.15, -0.1) is 0 Å². The summed E-state index contributed by atoms with van der Waals surface area (Å²) in [5.41, 5.74) is 1.28. The first-order chi connectivity index (χ1) is 6.70. The van der Waals surface area contributed by atoms with Gasteiger partial charge in [-0.25, -0.2) is 0 Å². The van der Waals surface area contributed by atoms with E-state index in [1.807, 2.05) is 30.1 Å². The van der Waals surface area contributed by atoms with Crippen LogP contribution in [0.15, 0.2) is 30.3 Å². The molecular weight excluding hydrogens is 170 g/mol. The van der Waals surface area contributed by atoms with Crippen LogP contribution in [0.3, 0.4) is 0 Å². The van der Waals surface area contributed by atoms with Gasteiger partial charge in [-0.2, -0.15) is 0 Å². The van der Waals surface area contributed by atoms with Gasteiger partial charge in [0.25, 0.3) is 0 Å². The predicted octanol–water partition coefficient (Wildman–Crippen LogP) is 2.53. The van der Waals surface area contributed by atoms with Crippen LogP contribution in [-0.4, -0.2) is 18.0 Å². The van der Waals surface area contributed by atoms with Crippen molar-refractivity contribution in [2.24, 2.45) is 0 Å². The van der Waals surface area contributed by atoms with Gasteiger partial charge in [-0.1, -0.05) is 36.3 Å². The summed E-state index contributed by atoms with van der Waals surface area (Å²) in [6.07, 6.45) is 0.831. The van der Waals surface area contributed by atoms with E-state index in [9.17, 15) is 0 Å². The van der Waals surface area contributed by atoms with E-state index < -0.39 is 0 Å². The third-order valence-corrected chi connectivity index (χ3v) is 2.17. The molecule has 0 spiro atoms. The topological polar surface area (TPSA) is 3.24 Å². The van der Waals surface area contributed by atoms with Crippen LogP contribution in [0.1, 0.15) is 19.4 Å². The fraction of sp³-hybridized carbons (Fsp3) is 0.385. The summed E-state index contributed by atoms with van der Waals surface area (Å²) in [5.74, 6) is 3.16. The van der Waals surface area contributed by atoms with Gasteiger partial charge in [0.15, 0.2) is 0 Å². The van der Waals surface area contributed by atoms with Gasteiger partial charge in [0.05, 0.1) is 0 Å². The Morgan fingerprint density at radius 2 is 1.86 bits per heavy atom. The number of nitrogens with zero attached hydrogens (tertiary/aromatic N) is 1. The van der Waals surface area contributed by atoms with E-state index in [-0.39, 0.29) is 0 Å². The molecule has 1 aromatic carbocycles. The highest BCUT2D eigenvalue weighted by molar-refractivity contribution is 5.20. The molecule has 1 heteroatoms. The zero-order chi connectivity index (χ0) is 10.4. The summed E-state index contributed by atoms with van der Waals surface area (Å²) in [6.45, 7) is 4.27. The molecule has 0 aliphatic carbocycles. The number of hydrogen-bond acceptors (Lipinski definition) is 1. The Kier molecular flexibility index (Phi) is 4.07. The Morgan fingerprint density at radius 3 is 2.43 bits per heavy atom. The summed E-state index contributed by atoms with van der Waals surface area (Å²) < 4.78 is 0. The van der Waals surface area contributed by atoms with E-state index >= 15 is 0 Å². The molecule has 0 radical (unpaired) electrons. The molecule has 74 valence electrons. The summed E-state index contributed by atoms with van der Waals surface area (Å²) in [7, 11) is 2.02. The second-order valence-electron chi connectivity index (χ2n) is 3.66. The van der Waals surface area contributed by atoms with Crippen LogP contribution in [0.4, 0.5) is 0 Å². The first-order valence-electron chi connectivity index (χ1n) is 4.95. The van der Waals surface area contributed by atoms with Gasteiger partial charge in [0.1, 0.15) is 0 Å². The van der Waals surface area contributed by atoms with E-state index in [0.717, 1.165) is 6.42 Å². The van der Waals surface area contributed by atoms with Gasteiger partial charge < -0.3 is 4.90 Å². The van der Waals surface area contributed by atoms with Crippen LogP contribution in [0, 0.1) is 12.0 Å². The fourth-order valence-corrected chi connectivity index (χ4v) is 0.991. The molecule has 0 heterocycles. The third-order valence-electron chi connectivity index (χ3n) is 2.17. The van der Waals surface area contributed by atoms with Gasteiger partial charge in [-0.05, 0) is 19.4 Å². The average molecular weight is 187 g/mol. The minimum Gasteiger partial charge on any atom is -0.333 e. The van der Waals surface area contributed by atoms with Gasteiger partial charge >= 0.3 is 0 Å². The molecule has 0 saturated carbocycles. The molecule has 0 aliphatic heterocycles. The Morgan fingerprint density at radius 1 is 1.21 bits per heavy atom. The molecule has 0 unspecified atom stereocenters. The molecule has 14 heavy (non-hydrogen) atoms. The monoisotopic (exact) mass is 187 g/mol. The zero-order valence-electron chi connectivity index (χ0n) is 9.12. The van der Waals surface area contributed by atoms with Crippen LogP contribution in [0.2, 0.25) is 0 Å². The molecule has 0 fully saturated rings. The predicted molar refractivity (Wildman–Crippen MR) is 60.8 cm³/mol. The summed E-state index contributed by atoms with van der Waals surface area (Å²) in [5, 5.41) is 0. The van der Waals surface area contributed by atoms with Crippen LogP contribution in [0.25, 0.3) is 0 Å². The molecule has 0 atom stereocenters. The highest BCUT2D eigenvalue weighted by atomic mass is 15.1. The molecule has 0 bridgehead atoms. The first kappa shape index (κ1) is 10.7. The maximum Gasteiger partial charge on any atom is 0.0358 e. The lowest BCUT2D eigenvalue weighted by Crippen LogP contribution is -2.20. The van der Waals surface area contributed by atoms with Crippen molar-refractivity contribution in [2.75, 3.05) is 7.05 Å². The standard InChI is InChI=1S/C13H17N/c1-12(2)14(3)11-7-10-13-8-5-4-6-9-13/h4-6,8-9,12H,10H2,1-3H3. The van der Waals surface area contributed by atoms with Crippen molar-refractivity contribution in [1.82, 2.24) is 4.90 Å². The molecule has 1 aromatic rings. The van der Waals surface area contributed by atoms with Crippen molar-refractivity contribution in [2.45, 2.75) is 26.3 Å². The number of rotatable bonds is 2. The van der Waals surface area contributed by atoms with E-state index in [1.54, 1.807) is 0 Å². The van der Waals surface area contributed by atoms with Crippen molar-refractivity contribution >= 4 is 0 Å². The van der Waals surface area contributed by atoms with E-state index in [1.165, 1.54) is 5.56 Å². The molecule has 0 saturated heterocycles. The summed E-state index contributed by atoms with van der Waals surface area (Å²) >= 11 is 0. The summed E-state index contributed by atoms with van der Waals surface area (Å²) in [6, 6.07) is 13.9. The van der Waals surface area contributed by atoms with Crippen molar-refractivity contribution < 1.29 is 0 Å². The molecule has 0 aromatic heterocycles. The zero-order valence-corrected chi connectivity index (χ0v) is 9.12. The first-order valence-corrected chi connectivity index (χ1v) is 4.95. The van der Waals surface area contributed by atoms with Gasteiger partial charge in [0, 0.05) is 25.6 Å². The molecule has 0 aliphatic rings. The highest BCUT2D eigenvalue weighted by Gasteiger charge is 1.94. The lowest BCUT2D eigenvalue weighted by Gasteiger charge is -2.14. The van der Waals surface area contributed by atoms with Crippen LogP contribution in [-0.2, 0) is 6.42 Å². The maximum atomic E-state index is 3.16. The third kappa shape index (κ3) is 3.53. The van der Waals surface area contributed by atoms with Crippen molar-refractivity contribution in [1.29, 1.82) is 0 Å². The number of benzene rings is 1. The van der Waals surface area contributed by atoms with Crippen LogP contribution in [0.5, 0.6) is 0 Å². The van der Waals surface area contributed by atoms with E-state index in [2.05, 4.69) is 37.9 Å². The second-order valence-corrected chi connectivity index (χ2v) is 3.66. The average Bonchev–Trinajstić information content (AvgIpc) is 2.19. The number of hydrogen-bond donors (Lipinski definition) is 0. The lowest BCUT2D eigenvalue weighted by atomic mass is 10.2. The van der Waals surface area contributed by atoms with Crippen molar-refractivity contribution in [3.05, 3.63) is 35.9 Å². The molecular formula is C13H17N. The smallest absolute Gasteiger partial charge is 0.0358 e. The molecule has 1 rings (SSSR count). The van der Waals surface area contributed by atoms with Crippen LogP contribution < -0.4 is 0 Å².